The second-order valence-corrected chi connectivity index (χ2v) is 4.25. The molecular formula is C11H8N2OS. The molecule has 0 bridgehead atoms. The average molecular weight is 216 g/mol. The van der Waals surface area contributed by atoms with Crippen LogP contribution in [0.15, 0.2) is 24.3 Å². The number of hydrogen-bond acceptors (Lipinski definition) is 4. The fourth-order valence-electron chi connectivity index (χ4n) is 1.33. The van der Waals surface area contributed by atoms with Crippen LogP contribution in [0.1, 0.15) is 17.8 Å². The number of benzene rings is 1. The van der Waals surface area contributed by atoms with E-state index in [0.717, 1.165) is 10.2 Å². The Balaban J connectivity index is 2.53. The van der Waals surface area contributed by atoms with Crippen molar-refractivity contribution < 1.29 is 4.79 Å². The van der Waals surface area contributed by atoms with Gasteiger partial charge in [-0.25, -0.2) is 4.98 Å². The van der Waals surface area contributed by atoms with Gasteiger partial charge in [0, 0.05) is 0 Å². The summed E-state index contributed by atoms with van der Waals surface area (Å²) >= 11 is 1.40. The van der Waals surface area contributed by atoms with E-state index in [9.17, 15) is 4.79 Å². The number of thiazole rings is 1. The minimum atomic E-state index is -0.720. The number of nitrogens with zero attached hydrogens (tertiary/aromatic N) is 2. The Hall–Kier alpha value is -1.73. The van der Waals surface area contributed by atoms with E-state index >= 15 is 0 Å². The van der Waals surface area contributed by atoms with Crippen LogP contribution < -0.4 is 0 Å². The van der Waals surface area contributed by atoms with Crippen molar-refractivity contribution in [2.45, 2.75) is 12.8 Å². The molecule has 1 heterocycles. The summed E-state index contributed by atoms with van der Waals surface area (Å²) in [7, 11) is 0. The maximum absolute atomic E-state index is 11.2. The molecule has 1 aromatic heterocycles. The molecule has 0 saturated heterocycles. The predicted octanol–water partition coefficient (Wildman–Crippen LogP) is 2.49. The summed E-state index contributed by atoms with van der Waals surface area (Å²) in [5.74, 6) is -0.876. The molecule has 0 amide bonds. The standard InChI is InChI=1S/C11H8N2OS/c1-7(14)8(6-12)11-13-9-4-2-3-5-10(9)15-11/h2-5,8H,1H3. The van der Waals surface area contributed by atoms with Gasteiger partial charge in [0.1, 0.15) is 5.01 Å². The van der Waals surface area contributed by atoms with Crippen LogP contribution in [-0.2, 0) is 4.79 Å². The third-order valence-corrected chi connectivity index (χ3v) is 3.19. The topological polar surface area (TPSA) is 53.8 Å². The minimum Gasteiger partial charge on any atom is -0.298 e. The smallest absolute Gasteiger partial charge is 0.156 e. The van der Waals surface area contributed by atoms with E-state index in [1.54, 1.807) is 0 Å². The number of carbonyl (C=O) groups is 1. The summed E-state index contributed by atoms with van der Waals surface area (Å²) in [5.41, 5.74) is 0.846. The molecule has 1 unspecified atom stereocenters. The van der Waals surface area contributed by atoms with Crippen LogP contribution >= 0.6 is 11.3 Å². The minimum absolute atomic E-state index is 0.156. The maximum atomic E-state index is 11.2. The van der Waals surface area contributed by atoms with Crippen molar-refractivity contribution in [2.24, 2.45) is 0 Å². The average Bonchev–Trinajstić information content (AvgIpc) is 2.61. The fraction of sp³-hybridized carbons (Fsp3) is 0.182. The third kappa shape index (κ3) is 1.74. The van der Waals surface area contributed by atoms with Crippen molar-refractivity contribution in [3.8, 4) is 6.07 Å². The molecule has 0 aliphatic carbocycles. The first-order valence-corrected chi connectivity index (χ1v) is 5.29. The molecule has 74 valence electrons. The molecule has 0 saturated carbocycles. The third-order valence-electron chi connectivity index (χ3n) is 2.09. The van der Waals surface area contributed by atoms with Crippen molar-refractivity contribution in [1.82, 2.24) is 4.98 Å². The van der Waals surface area contributed by atoms with Crippen LogP contribution in [0.3, 0.4) is 0 Å². The predicted molar refractivity (Wildman–Crippen MR) is 58.7 cm³/mol. The van der Waals surface area contributed by atoms with Crippen LogP contribution in [0, 0.1) is 11.3 Å². The summed E-state index contributed by atoms with van der Waals surface area (Å²) in [5, 5.41) is 9.46. The molecule has 0 fully saturated rings. The number of para-hydroxylation sites is 1. The van der Waals surface area contributed by atoms with Gasteiger partial charge in [-0.3, -0.25) is 4.79 Å². The van der Waals surface area contributed by atoms with Gasteiger partial charge >= 0.3 is 0 Å². The first-order valence-electron chi connectivity index (χ1n) is 4.48. The van der Waals surface area contributed by atoms with Crippen LogP contribution in [0.5, 0.6) is 0 Å². The Bertz CT molecular complexity index is 520. The first kappa shape index (κ1) is 9.81. The van der Waals surface area contributed by atoms with E-state index in [4.69, 9.17) is 5.26 Å². The summed E-state index contributed by atoms with van der Waals surface area (Å²) in [4.78, 5) is 15.5. The van der Waals surface area contributed by atoms with E-state index in [1.165, 1.54) is 18.3 Å². The number of carbonyl (C=O) groups excluding carboxylic acids is 1. The monoisotopic (exact) mass is 216 g/mol. The van der Waals surface area contributed by atoms with Gasteiger partial charge < -0.3 is 0 Å². The fourth-order valence-corrected chi connectivity index (χ4v) is 2.40. The molecule has 15 heavy (non-hydrogen) atoms. The molecule has 0 radical (unpaired) electrons. The summed E-state index contributed by atoms with van der Waals surface area (Å²) in [6.45, 7) is 1.42. The van der Waals surface area contributed by atoms with Crippen LogP contribution in [0.2, 0.25) is 0 Å². The molecule has 1 aromatic carbocycles. The van der Waals surface area contributed by atoms with Gasteiger partial charge in [0.15, 0.2) is 11.7 Å². The number of Topliss-reactive ketones (excluding diaryl/α,β-unsaturated/α-hetero) is 1. The Morgan fingerprint density at radius 1 is 1.53 bits per heavy atom. The van der Waals surface area contributed by atoms with Gasteiger partial charge in [0.25, 0.3) is 0 Å². The summed E-state index contributed by atoms with van der Waals surface area (Å²) in [6, 6.07) is 9.60. The SMILES string of the molecule is CC(=O)C(C#N)c1nc2ccccc2s1. The molecule has 3 nitrogen and oxygen atoms in total. The summed E-state index contributed by atoms with van der Waals surface area (Å²) in [6.07, 6.45) is 0. The van der Waals surface area contributed by atoms with Crippen molar-refractivity contribution in [2.75, 3.05) is 0 Å². The molecular weight excluding hydrogens is 208 g/mol. The van der Waals surface area contributed by atoms with Crippen molar-refractivity contribution in [1.29, 1.82) is 5.26 Å². The summed E-state index contributed by atoms with van der Waals surface area (Å²) < 4.78 is 1.01. The lowest BCUT2D eigenvalue weighted by Crippen LogP contribution is -2.05. The Morgan fingerprint density at radius 2 is 2.27 bits per heavy atom. The molecule has 0 aliphatic rings. The highest BCUT2D eigenvalue weighted by atomic mass is 32.1. The Kier molecular flexibility index (Phi) is 2.48. The van der Waals surface area contributed by atoms with E-state index in [0.29, 0.717) is 5.01 Å². The molecule has 4 heteroatoms. The molecule has 0 N–H and O–H groups in total. The van der Waals surface area contributed by atoms with Crippen LogP contribution in [0.4, 0.5) is 0 Å². The molecule has 2 rings (SSSR count). The lowest BCUT2D eigenvalue weighted by atomic mass is 10.1. The normalized spacial score (nSPS) is 12.3. The van der Waals surface area contributed by atoms with Crippen molar-refractivity contribution >= 4 is 27.3 Å². The highest BCUT2D eigenvalue weighted by Crippen LogP contribution is 2.27. The zero-order valence-corrected chi connectivity index (χ0v) is 8.91. The number of rotatable bonds is 2. The largest absolute Gasteiger partial charge is 0.298 e. The van der Waals surface area contributed by atoms with Gasteiger partial charge in [-0.05, 0) is 19.1 Å². The number of nitriles is 1. The highest BCUT2D eigenvalue weighted by Gasteiger charge is 2.19. The number of ketones is 1. The van der Waals surface area contributed by atoms with Gasteiger partial charge in [-0.2, -0.15) is 5.26 Å². The van der Waals surface area contributed by atoms with E-state index in [1.807, 2.05) is 30.3 Å². The van der Waals surface area contributed by atoms with Crippen molar-refractivity contribution in [3.05, 3.63) is 29.3 Å². The second kappa shape index (κ2) is 3.79. The van der Waals surface area contributed by atoms with Crippen molar-refractivity contribution in [3.63, 3.8) is 0 Å². The molecule has 2 aromatic rings. The zero-order chi connectivity index (χ0) is 10.8. The number of hydrogen-bond donors (Lipinski definition) is 0. The zero-order valence-electron chi connectivity index (χ0n) is 8.10. The Morgan fingerprint density at radius 3 is 2.87 bits per heavy atom. The van der Waals surface area contributed by atoms with Crippen LogP contribution in [-0.4, -0.2) is 10.8 Å². The van der Waals surface area contributed by atoms with E-state index in [-0.39, 0.29) is 5.78 Å². The highest BCUT2D eigenvalue weighted by molar-refractivity contribution is 7.18. The molecule has 0 spiro atoms. The molecule has 0 aliphatic heterocycles. The van der Waals surface area contributed by atoms with Gasteiger partial charge in [0.05, 0.1) is 16.3 Å². The quantitative estimate of drug-likeness (QED) is 0.775. The number of aromatic nitrogens is 1. The lowest BCUT2D eigenvalue weighted by Gasteiger charge is -1.97. The first-order chi connectivity index (χ1) is 7.22. The van der Waals surface area contributed by atoms with E-state index < -0.39 is 5.92 Å². The van der Waals surface area contributed by atoms with Gasteiger partial charge in [0.2, 0.25) is 0 Å². The van der Waals surface area contributed by atoms with Gasteiger partial charge in [-0.15, -0.1) is 11.3 Å². The second-order valence-electron chi connectivity index (χ2n) is 3.19. The van der Waals surface area contributed by atoms with Gasteiger partial charge in [-0.1, -0.05) is 12.1 Å². The Labute approximate surface area is 91.0 Å². The number of fused-ring (bicyclic) bond motifs is 1. The maximum Gasteiger partial charge on any atom is 0.156 e. The molecule has 1 atom stereocenters. The van der Waals surface area contributed by atoms with E-state index in [2.05, 4.69) is 4.98 Å². The lowest BCUT2D eigenvalue weighted by molar-refractivity contribution is -0.117. The van der Waals surface area contributed by atoms with Crippen LogP contribution in [0.25, 0.3) is 10.2 Å².